The molecule has 0 aliphatic carbocycles. The van der Waals surface area contributed by atoms with Crippen LogP contribution in [0.4, 0.5) is 0 Å². The van der Waals surface area contributed by atoms with Gasteiger partial charge >= 0.3 is 0 Å². The molecule has 2 aromatic carbocycles. The average Bonchev–Trinajstić information content (AvgIpc) is 2.55. The van der Waals surface area contributed by atoms with Crippen molar-refractivity contribution in [1.82, 2.24) is 5.43 Å². The molecule has 0 fully saturated rings. The van der Waals surface area contributed by atoms with Crippen molar-refractivity contribution in [1.29, 1.82) is 0 Å². The number of aryl methyl sites for hydroxylation is 1. The van der Waals surface area contributed by atoms with Crippen LogP contribution in [0.2, 0.25) is 5.02 Å². The molecule has 1 N–H and O–H groups in total. The number of ether oxygens (including phenoxy) is 1. The first-order valence-electron chi connectivity index (χ1n) is 7.51. The summed E-state index contributed by atoms with van der Waals surface area (Å²) in [5.74, 6) is 0.657. The van der Waals surface area contributed by atoms with E-state index >= 15 is 0 Å². The Morgan fingerprint density at radius 3 is 2.88 bits per heavy atom. The van der Waals surface area contributed by atoms with Crippen molar-refractivity contribution in [3.63, 3.8) is 0 Å². The number of hydrazone groups is 1. The molecule has 4 nitrogen and oxygen atoms in total. The van der Waals surface area contributed by atoms with Crippen molar-refractivity contribution in [2.45, 2.75) is 19.8 Å². The van der Waals surface area contributed by atoms with E-state index in [1.807, 2.05) is 43.3 Å². The van der Waals surface area contributed by atoms with Gasteiger partial charge in [0.15, 0.2) is 0 Å². The minimum Gasteiger partial charge on any atom is -0.493 e. The fourth-order valence-corrected chi connectivity index (χ4v) is 2.75. The summed E-state index contributed by atoms with van der Waals surface area (Å²) in [6.45, 7) is 2.41. The van der Waals surface area contributed by atoms with Crippen LogP contribution >= 0.6 is 34.2 Å². The maximum Gasteiger partial charge on any atom is 0.240 e. The normalized spacial score (nSPS) is 10.8. The van der Waals surface area contributed by atoms with E-state index in [4.69, 9.17) is 16.3 Å². The van der Waals surface area contributed by atoms with Crippen LogP contribution in [-0.2, 0) is 4.79 Å². The Kier molecular flexibility index (Phi) is 7.52. The first-order valence-corrected chi connectivity index (χ1v) is 8.97. The lowest BCUT2D eigenvalue weighted by atomic mass is 10.2. The van der Waals surface area contributed by atoms with Gasteiger partial charge in [-0.1, -0.05) is 29.8 Å². The standard InChI is InChI=1S/C18H18ClIN2O2/c1-13-11-15(19)8-9-17(13)24-10-4-7-18(23)22-21-12-14-5-2-3-6-16(14)20/h2-3,5-6,8-9,11-12H,4,7,10H2,1H3,(H,22,23). The number of carbonyl (C=O) groups excluding carboxylic acids is 1. The number of hydrogen-bond donors (Lipinski definition) is 1. The zero-order valence-electron chi connectivity index (χ0n) is 13.3. The highest BCUT2D eigenvalue weighted by atomic mass is 127. The molecule has 0 aliphatic rings. The van der Waals surface area contributed by atoms with Gasteiger partial charge < -0.3 is 4.74 Å². The van der Waals surface area contributed by atoms with Crippen LogP contribution in [0, 0.1) is 10.5 Å². The van der Waals surface area contributed by atoms with Crippen molar-refractivity contribution in [3.8, 4) is 5.75 Å². The molecule has 2 rings (SSSR count). The van der Waals surface area contributed by atoms with E-state index in [0.29, 0.717) is 24.5 Å². The van der Waals surface area contributed by atoms with Crippen LogP contribution in [0.3, 0.4) is 0 Å². The topological polar surface area (TPSA) is 50.7 Å². The molecule has 0 radical (unpaired) electrons. The van der Waals surface area contributed by atoms with E-state index < -0.39 is 0 Å². The Labute approximate surface area is 160 Å². The number of rotatable bonds is 7. The molecule has 0 aromatic heterocycles. The summed E-state index contributed by atoms with van der Waals surface area (Å²) in [5, 5.41) is 4.66. The second-order valence-corrected chi connectivity index (χ2v) is 6.78. The summed E-state index contributed by atoms with van der Waals surface area (Å²) >= 11 is 8.13. The summed E-state index contributed by atoms with van der Waals surface area (Å²) in [6, 6.07) is 13.3. The second kappa shape index (κ2) is 9.64. The number of hydrogen-bond acceptors (Lipinski definition) is 3. The summed E-state index contributed by atoms with van der Waals surface area (Å²) in [4.78, 5) is 11.7. The van der Waals surface area contributed by atoms with Crippen molar-refractivity contribution in [2.75, 3.05) is 6.61 Å². The molecule has 0 unspecified atom stereocenters. The lowest BCUT2D eigenvalue weighted by molar-refractivity contribution is -0.121. The van der Waals surface area contributed by atoms with E-state index in [-0.39, 0.29) is 5.91 Å². The predicted octanol–water partition coefficient (Wildman–Crippen LogP) is 4.56. The van der Waals surface area contributed by atoms with Crippen LogP contribution < -0.4 is 10.2 Å². The quantitative estimate of drug-likeness (QED) is 0.287. The van der Waals surface area contributed by atoms with Crippen LogP contribution in [0.5, 0.6) is 5.75 Å². The number of benzene rings is 2. The third-order valence-electron chi connectivity index (χ3n) is 3.24. The summed E-state index contributed by atoms with van der Waals surface area (Å²) in [6.07, 6.45) is 2.62. The third kappa shape index (κ3) is 6.13. The van der Waals surface area contributed by atoms with Crippen molar-refractivity contribution < 1.29 is 9.53 Å². The molecular formula is C18H18ClIN2O2. The molecular weight excluding hydrogens is 439 g/mol. The number of nitrogens with zero attached hydrogens (tertiary/aromatic N) is 1. The highest BCUT2D eigenvalue weighted by Crippen LogP contribution is 2.21. The molecule has 0 saturated carbocycles. The molecule has 0 bridgehead atoms. The second-order valence-electron chi connectivity index (χ2n) is 5.18. The maximum atomic E-state index is 11.7. The average molecular weight is 457 g/mol. The Balaban J connectivity index is 1.69. The predicted molar refractivity (Wildman–Crippen MR) is 106 cm³/mol. The highest BCUT2D eigenvalue weighted by molar-refractivity contribution is 14.1. The molecule has 1 amide bonds. The summed E-state index contributed by atoms with van der Waals surface area (Å²) < 4.78 is 6.74. The van der Waals surface area contributed by atoms with E-state index in [9.17, 15) is 4.79 Å². The Hall–Kier alpha value is -1.60. The van der Waals surface area contributed by atoms with Crippen LogP contribution in [0.25, 0.3) is 0 Å². The van der Waals surface area contributed by atoms with Gasteiger partial charge in [0.1, 0.15) is 5.75 Å². The van der Waals surface area contributed by atoms with Crippen molar-refractivity contribution in [3.05, 3.63) is 62.2 Å². The highest BCUT2D eigenvalue weighted by Gasteiger charge is 2.03. The molecule has 2 aromatic rings. The van der Waals surface area contributed by atoms with E-state index in [0.717, 1.165) is 20.4 Å². The third-order valence-corrected chi connectivity index (χ3v) is 4.46. The first kappa shape index (κ1) is 18.7. The number of halogens is 2. The smallest absolute Gasteiger partial charge is 0.240 e. The Bertz CT molecular complexity index is 735. The minimum atomic E-state index is -0.131. The summed E-state index contributed by atoms with van der Waals surface area (Å²) in [5.41, 5.74) is 4.48. The van der Waals surface area contributed by atoms with Crippen LogP contribution in [0.1, 0.15) is 24.0 Å². The summed E-state index contributed by atoms with van der Waals surface area (Å²) in [7, 11) is 0. The Morgan fingerprint density at radius 2 is 2.12 bits per heavy atom. The first-order chi connectivity index (χ1) is 11.6. The van der Waals surface area contributed by atoms with Crippen molar-refractivity contribution >= 4 is 46.3 Å². The van der Waals surface area contributed by atoms with Gasteiger partial charge in [0.05, 0.1) is 12.8 Å². The van der Waals surface area contributed by atoms with Gasteiger partial charge in [-0.2, -0.15) is 5.10 Å². The van der Waals surface area contributed by atoms with Gasteiger partial charge in [-0.3, -0.25) is 4.79 Å². The van der Waals surface area contributed by atoms with Crippen LogP contribution in [-0.4, -0.2) is 18.7 Å². The van der Waals surface area contributed by atoms with Gasteiger partial charge in [-0.15, -0.1) is 0 Å². The fourth-order valence-electron chi connectivity index (χ4n) is 2.00. The largest absolute Gasteiger partial charge is 0.493 e. The molecule has 0 atom stereocenters. The van der Waals surface area contributed by atoms with Gasteiger partial charge in [0.25, 0.3) is 0 Å². The number of amides is 1. The SMILES string of the molecule is Cc1cc(Cl)ccc1OCCCC(=O)NN=Cc1ccccc1I. The Morgan fingerprint density at radius 1 is 1.33 bits per heavy atom. The molecule has 0 saturated heterocycles. The zero-order chi connectivity index (χ0) is 17.4. The molecule has 0 spiro atoms. The molecule has 126 valence electrons. The molecule has 6 heteroatoms. The fraction of sp³-hybridized carbons (Fsp3) is 0.222. The van der Waals surface area contributed by atoms with Gasteiger partial charge in [-0.25, -0.2) is 5.43 Å². The molecule has 0 aliphatic heterocycles. The van der Waals surface area contributed by atoms with Crippen LogP contribution in [0.15, 0.2) is 47.6 Å². The zero-order valence-corrected chi connectivity index (χ0v) is 16.2. The monoisotopic (exact) mass is 456 g/mol. The van der Waals surface area contributed by atoms with Gasteiger partial charge in [0.2, 0.25) is 5.91 Å². The van der Waals surface area contributed by atoms with Gasteiger partial charge in [0, 0.05) is 20.6 Å². The minimum absolute atomic E-state index is 0.131. The van der Waals surface area contributed by atoms with E-state index in [2.05, 4.69) is 33.1 Å². The lowest BCUT2D eigenvalue weighted by Crippen LogP contribution is -2.18. The lowest BCUT2D eigenvalue weighted by Gasteiger charge is -2.08. The van der Waals surface area contributed by atoms with E-state index in [1.54, 1.807) is 12.3 Å². The van der Waals surface area contributed by atoms with Crippen molar-refractivity contribution in [2.24, 2.45) is 5.10 Å². The number of nitrogens with one attached hydrogen (secondary N) is 1. The number of carbonyl (C=O) groups is 1. The van der Waals surface area contributed by atoms with E-state index in [1.165, 1.54) is 0 Å². The van der Waals surface area contributed by atoms with Gasteiger partial charge in [-0.05, 0) is 65.8 Å². The maximum absolute atomic E-state index is 11.7. The molecule has 24 heavy (non-hydrogen) atoms. The molecule has 0 heterocycles.